The molecule has 7 nitrogen and oxygen atoms in total. The van der Waals surface area contributed by atoms with Crippen molar-refractivity contribution in [3.63, 3.8) is 0 Å². The second-order valence-electron chi connectivity index (χ2n) is 6.56. The molecule has 1 atom stereocenters. The van der Waals surface area contributed by atoms with Gasteiger partial charge in [-0.15, -0.1) is 0 Å². The first-order valence-corrected chi connectivity index (χ1v) is 8.94. The molecule has 0 radical (unpaired) electrons. The molecule has 9 heteroatoms. The van der Waals surface area contributed by atoms with Crippen molar-refractivity contribution in [3.05, 3.63) is 58.4 Å². The number of benzene rings is 2. The van der Waals surface area contributed by atoms with Crippen LogP contribution in [0.4, 0.5) is 9.18 Å². The summed E-state index contributed by atoms with van der Waals surface area (Å²) in [5.41, 5.74) is -1.09. The molecule has 1 heterocycles. The lowest BCUT2D eigenvalue weighted by molar-refractivity contribution is -0.130. The Morgan fingerprint density at radius 2 is 1.90 bits per heavy atom. The van der Waals surface area contributed by atoms with Crippen LogP contribution in [0.5, 0.6) is 11.5 Å². The molecule has 1 aliphatic rings. The molecule has 0 bridgehead atoms. The van der Waals surface area contributed by atoms with E-state index in [-0.39, 0.29) is 21.9 Å². The van der Waals surface area contributed by atoms with E-state index in [0.29, 0.717) is 5.75 Å². The van der Waals surface area contributed by atoms with Crippen molar-refractivity contribution >= 4 is 29.3 Å². The minimum absolute atomic E-state index is 0.00819. The van der Waals surface area contributed by atoms with Crippen LogP contribution in [0, 0.1) is 5.82 Å². The number of methoxy groups -OCH3 is 2. The molecule has 1 N–H and O–H groups in total. The van der Waals surface area contributed by atoms with Gasteiger partial charge >= 0.3 is 6.03 Å². The Morgan fingerprint density at radius 1 is 1.17 bits per heavy atom. The summed E-state index contributed by atoms with van der Waals surface area (Å²) in [5.74, 6) is -0.991. The van der Waals surface area contributed by atoms with Gasteiger partial charge in [-0.05, 0) is 31.2 Å². The van der Waals surface area contributed by atoms with Crippen molar-refractivity contribution in [1.82, 2.24) is 10.2 Å². The smallest absolute Gasteiger partial charge is 0.325 e. The summed E-state index contributed by atoms with van der Waals surface area (Å²) in [6.07, 6.45) is 0. The van der Waals surface area contributed by atoms with E-state index in [1.54, 1.807) is 6.07 Å². The third-order valence-electron chi connectivity index (χ3n) is 4.76. The molecule has 1 saturated heterocycles. The van der Waals surface area contributed by atoms with E-state index in [0.717, 1.165) is 17.0 Å². The number of nitrogens with one attached hydrogen (secondary N) is 1. The zero-order valence-electron chi connectivity index (χ0n) is 15.9. The number of ether oxygens (including phenoxy) is 2. The van der Waals surface area contributed by atoms with E-state index in [9.17, 15) is 18.8 Å². The molecule has 2 aromatic rings. The topological polar surface area (TPSA) is 84.9 Å². The van der Waals surface area contributed by atoms with Gasteiger partial charge in [0.2, 0.25) is 0 Å². The lowest BCUT2D eigenvalue weighted by Gasteiger charge is -2.23. The Kier molecular flexibility index (Phi) is 5.48. The molecule has 152 valence electrons. The normalized spacial score (nSPS) is 18.6. The van der Waals surface area contributed by atoms with Gasteiger partial charge in [0.25, 0.3) is 5.91 Å². The molecular weight excluding hydrogens is 403 g/mol. The predicted octanol–water partition coefficient (Wildman–Crippen LogP) is 3.15. The summed E-state index contributed by atoms with van der Waals surface area (Å²) < 4.78 is 23.7. The molecule has 3 amide bonds. The largest absolute Gasteiger partial charge is 0.497 e. The molecule has 0 aromatic heterocycles. The highest BCUT2D eigenvalue weighted by Crippen LogP contribution is 2.34. The molecule has 1 aliphatic heterocycles. The summed E-state index contributed by atoms with van der Waals surface area (Å²) in [4.78, 5) is 39.0. The first-order valence-electron chi connectivity index (χ1n) is 8.56. The lowest BCUT2D eigenvalue weighted by atomic mass is 9.92. The van der Waals surface area contributed by atoms with E-state index in [1.807, 2.05) is 0 Å². The summed E-state index contributed by atoms with van der Waals surface area (Å²) in [6.45, 7) is 0.951. The number of urea groups is 1. The summed E-state index contributed by atoms with van der Waals surface area (Å²) in [5, 5.41) is 2.53. The zero-order valence-corrected chi connectivity index (χ0v) is 16.7. The summed E-state index contributed by atoms with van der Waals surface area (Å²) in [7, 11) is 2.87. The van der Waals surface area contributed by atoms with Crippen molar-refractivity contribution in [2.45, 2.75) is 12.5 Å². The predicted molar refractivity (Wildman–Crippen MR) is 103 cm³/mol. The minimum atomic E-state index is -1.52. The van der Waals surface area contributed by atoms with Crippen LogP contribution in [0.15, 0.2) is 36.4 Å². The number of hydrogen-bond acceptors (Lipinski definition) is 5. The number of hydrogen-bond donors (Lipinski definition) is 1. The maximum absolute atomic E-state index is 13.4. The van der Waals surface area contributed by atoms with Crippen LogP contribution >= 0.6 is 11.6 Å². The monoisotopic (exact) mass is 420 g/mol. The molecule has 0 aliphatic carbocycles. The molecular formula is C20H18ClFN2O5. The van der Waals surface area contributed by atoms with Gasteiger partial charge in [-0.1, -0.05) is 17.7 Å². The first-order chi connectivity index (χ1) is 13.7. The maximum Gasteiger partial charge on any atom is 0.325 e. The number of halogens is 2. The summed E-state index contributed by atoms with van der Waals surface area (Å²) >= 11 is 6.07. The third kappa shape index (κ3) is 3.63. The second kappa shape index (κ2) is 7.71. The number of imide groups is 1. The fraction of sp³-hybridized carbons (Fsp3) is 0.250. The van der Waals surface area contributed by atoms with Crippen LogP contribution in [0.2, 0.25) is 5.02 Å². The van der Waals surface area contributed by atoms with Gasteiger partial charge in [0, 0.05) is 16.7 Å². The number of ketones is 1. The van der Waals surface area contributed by atoms with Crippen molar-refractivity contribution in [2.24, 2.45) is 0 Å². The molecule has 0 saturated carbocycles. The number of Topliss-reactive ketones (excluding diaryl/α,β-unsaturated/α-hetero) is 1. The highest BCUT2D eigenvalue weighted by atomic mass is 35.5. The molecule has 1 fully saturated rings. The van der Waals surface area contributed by atoms with E-state index in [1.165, 1.54) is 39.3 Å². The Morgan fingerprint density at radius 3 is 2.52 bits per heavy atom. The fourth-order valence-corrected chi connectivity index (χ4v) is 3.53. The summed E-state index contributed by atoms with van der Waals surface area (Å²) in [6, 6.07) is 7.37. The molecule has 29 heavy (non-hydrogen) atoms. The van der Waals surface area contributed by atoms with Gasteiger partial charge in [0.05, 0.1) is 26.3 Å². The Hall–Kier alpha value is -3.13. The van der Waals surface area contributed by atoms with E-state index in [2.05, 4.69) is 5.32 Å². The highest BCUT2D eigenvalue weighted by molar-refractivity contribution is 6.32. The van der Waals surface area contributed by atoms with Gasteiger partial charge in [-0.25, -0.2) is 9.18 Å². The van der Waals surface area contributed by atoms with Gasteiger partial charge < -0.3 is 14.8 Å². The van der Waals surface area contributed by atoms with Crippen molar-refractivity contribution in [3.8, 4) is 11.5 Å². The molecule has 1 unspecified atom stereocenters. The fourth-order valence-electron chi connectivity index (χ4n) is 3.18. The van der Waals surface area contributed by atoms with E-state index in [4.69, 9.17) is 21.1 Å². The van der Waals surface area contributed by atoms with Crippen LogP contribution in [-0.2, 0) is 10.3 Å². The van der Waals surface area contributed by atoms with E-state index >= 15 is 0 Å². The third-order valence-corrected chi connectivity index (χ3v) is 5.07. The van der Waals surface area contributed by atoms with Crippen LogP contribution < -0.4 is 14.8 Å². The van der Waals surface area contributed by atoms with Crippen LogP contribution in [0.1, 0.15) is 22.8 Å². The van der Waals surface area contributed by atoms with Crippen LogP contribution in [0.25, 0.3) is 0 Å². The quantitative estimate of drug-likeness (QED) is 0.573. The van der Waals surface area contributed by atoms with Crippen LogP contribution in [0.3, 0.4) is 0 Å². The lowest BCUT2D eigenvalue weighted by Crippen LogP contribution is -2.41. The number of rotatable bonds is 6. The molecule has 3 rings (SSSR count). The molecule has 2 aromatic carbocycles. The Bertz CT molecular complexity index is 1010. The average molecular weight is 421 g/mol. The standard InChI is InChI=1S/C20H18ClFN2O5/c1-20(14-7-4-11(22)8-15(14)21)18(26)24(19(27)23-20)10-16(25)13-6-5-12(28-2)9-17(13)29-3/h4-9H,10H2,1-3H3,(H,23,27). The van der Waals surface area contributed by atoms with Gasteiger partial charge in [-0.2, -0.15) is 0 Å². The van der Waals surface area contributed by atoms with E-state index < -0.39 is 35.6 Å². The second-order valence-corrected chi connectivity index (χ2v) is 6.97. The first kappa shape index (κ1) is 20.6. The SMILES string of the molecule is COc1ccc(C(=O)CN2C(=O)NC(C)(c3ccc(F)cc3Cl)C2=O)c(OC)c1. The maximum atomic E-state index is 13.4. The molecule has 0 spiro atoms. The van der Waals surface area contributed by atoms with Gasteiger partial charge in [-0.3, -0.25) is 14.5 Å². The van der Waals surface area contributed by atoms with Crippen molar-refractivity contribution < 1.29 is 28.2 Å². The van der Waals surface area contributed by atoms with Gasteiger partial charge in [0.15, 0.2) is 5.78 Å². The number of carbonyl (C=O) groups is 3. The van der Waals surface area contributed by atoms with Crippen molar-refractivity contribution in [1.29, 1.82) is 0 Å². The number of nitrogens with zero attached hydrogens (tertiary/aromatic N) is 1. The van der Waals surface area contributed by atoms with Gasteiger partial charge in [0.1, 0.15) is 22.9 Å². The Balaban J connectivity index is 1.88. The zero-order chi connectivity index (χ0) is 21.3. The van der Waals surface area contributed by atoms with Crippen LogP contribution in [-0.4, -0.2) is 43.4 Å². The highest BCUT2D eigenvalue weighted by Gasteiger charge is 2.50. The minimum Gasteiger partial charge on any atom is -0.497 e. The van der Waals surface area contributed by atoms with Crippen molar-refractivity contribution in [2.75, 3.05) is 20.8 Å². The average Bonchev–Trinajstić information content (AvgIpc) is 2.90. The number of amides is 3. The Labute approximate surface area is 171 Å². The number of carbonyl (C=O) groups excluding carboxylic acids is 3.